The minimum atomic E-state index is -0.538. The highest BCUT2D eigenvalue weighted by Crippen LogP contribution is 2.09. The van der Waals surface area contributed by atoms with Crippen LogP contribution in [0.15, 0.2) is 42.7 Å². The van der Waals surface area contributed by atoms with Crippen LogP contribution in [0.2, 0.25) is 0 Å². The largest absolute Gasteiger partial charge is 0.422 e. The van der Waals surface area contributed by atoms with Crippen LogP contribution in [0.3, 0.4) is 0 Å². The molecule has 2 heteroatoms. The number of hydrogen-bond donors (Lipinski definition) is 0. The summed E-state index contributed by atoms with van der Waals surface area (Å²) < 4.78 is 5.05. The van der Waals surface area contributed by atoms with Crippen LogP contribution < -0.4 is 0 Å². The zero-order chi connectivity index (χ0) is 13.9. The van der Waals surface area contributed by atoms with Crippen LogP contribution in [-0.4, -0.2) is 5.97 Å². The second kappa shape index (κ2) is 8.99. The third-order valence-electron chi connectivity index (χ3n) is 2.63. The van der Waals surface area contributed by atoms with Crippen LogP contribution in [0.25, 0.3) is 0 Å². The van der Waals surface area contributed by atoms with Crippen LogP contribution in [0.4, 0.5) is 0 Å². The van der Waals surface area contributed by atoms with Gasteiger partial charge in [0.05, 0.1) is 0 Å². The number of carbonyl (C=O) groups excluding carboxylic acids is 1. The third kappa shape index (κ3) is 7.10. The molecule has 0 spiro atoms. The summed E-state index contributed by atoms with van der Waals surface area (Å²) in [7, 11) is 0. The Bertz CT molecular complexity index is 463. The molecule has 1 rings (SSSR count). The predicted molar refractivity (Wildman–Crippen MR) is 77.3 cm³/mol. The van der Waals surface area contributed by atoms with E-state index in [-0.39, 0.29) is 0 Å². The summed E-state index contributed by atoms with van der Waals surface area (Å²) in [4.78, 5) is 11.5. The Labute approximate surface area is 115 Å². The second-order valence-corrected chi connectivity index (χ2v) is 4.35. The lowest BCUT2D eigenvalue weighted by molar-refractivity contribution is -0.132. The molecule has 100 valence electrons. The van der Waals surface area contributed by atoms with Gasteiger partial charge in [-0.05, 0) is 18.6 Å². The van der Waals surface area contributed by atoms with Crippen molar-refractivity contribution in [2.45, 2.75) is 39.0 Å². The number of allylic oxidation sites excluding steroid dienone is 1. The lowest BCUT2D eigenvalue weighted by Crippen LogP contribution is -2.00. The predicted octanol–water partition coefficient (Wildman–Crippen LogP) is 4.07. The monoisotopic (exact) mass is 256 g/mol. The molecule has 1 aromatic rings. The summed E-state index contributed by atoms with van der Waals surface area (Å²) in [6.45, 7) is 5.90. The molecule has 0 bridgehead atoms. The number of hydrogen-bond acceptors (Lipinski definition) is 2. The quantitative estimate of drug-likeness (QED) is 0.332. The summed E-state index contributed by atoms with van der Waals surface area (Å²) in [5, 5.41) is 0. The Morgan fingerprint density at radius 2 is 1.95 bits per heavy atom. The highest BCUT2D eigenvalue weighted by Gasteiger charge is 2.01. The Hall–Kier alpha value is -2.01. The molecule has 0 saturated carbocycles. The maximum absolute atomic E-state index is 11.5. The van der Waals surface area contributed by atoms with Crippen molar-refractivity contribution in [3.63, 3.8) is 0 Å². The average molecular weight is 256 g/mol. The van der Waals surface area contributed by atoms with Crippen molar-refractivity contribution >= 4 is 5.97 Å². The van der Waals surface area contributed by atoms with Gasteiger partial charge in [0.2, 0.25) is 0 Å². The number of carbonyl (C=O) groups is 1. The van der Waals surface area contributed by atoms with Crippen molar-refractivity contribution in [2.75, 3.05) is 0 Å². The van der Waals surface area contributed by atoms with Gasteiger partial charge in [0, 0.05) is 17.9 Å². The van der Waals surface area contributed by atoms with Crippen molar-refractivity contribution < 1.29 is 9.53 Å². The van der Waals surface area contributed by atoms with Gasteiger partial charge in [-0.3, -0.25) is 0 Å². The molecule has 0 radical (unpaired) electrons. The van der Waals surface area contributed by atoms with E-state index in [9.17, 15) is 4.79 Å². The first kappa shape index (κ1) is 15.0. The Kier molecular flexibility index (Phi) is 7.12. The summed E-state index contributed by atoms with van der Waals surface area (Å²) in [6, 6.07) is 9.35. The van der Waals surface area contributed by atoms with Crippen LogP contribution in [0.5, 0.6) is 0 Å². The van der Waals surface area contributed by atoms with E-state index in [1.807, 2.05) is 30.3 Å². The summed E-state index contributed by atoms with van der Waals surface area (Å²) in [6.07, 6.45) is 5.26. The maximum atomic E-state index is 11.5. The minimum Gasteiger partial charge on any atom is -0.422 e. The summed E-state index contributed by atoms with van der Waals surface area (Å²) in [5.41, 5.74) is 0.799. The number of unbranched alkanes of at least 4 members (excludes halogenated alkanes) is 3. The molecule has 0 saturated heterocycles. The molecular weight excluding hydrogens is 236 g/mol. The zero-order valence-electron chi connectivity index (χ0n) is 11.4. The molecular formula is C17H20O2. The normalized spacial score (nSPS) is 9.32. The van der Waals surface area contributed by atoms with Gasteiger partial charge in [-0.1, -0.05) is 56.9 Å². The Morgan fingerprint density at radius 1 is 1.21 bits per heavy atom. The summed E-state index contributed by atoms with van der Waals surface area (Å²) in [5.74, 6) is 5.19. The van der Waals surface area contributed by atoms with Gasteiger partial charge in [0.1, 0.15) is 5.76 Å². The van der Waals surface area contributed by atoms with E-state index in [4.69, 9.17) is 4.74 Å². The maximum Gasteiger partial charge on any atom is 0.389 e. The molecule has 1 aromatic carbocycles. The molecule has 0 atom stereocenters. The van der Waals surface area contributed by atoms with Crippen LogP contribution in [0, 0.1) is 11.8 Å². The van der Waals surface area contributed by atoms with Crippen molar-refractivity contribution in [1.82, 2.24) is 0 Å². The van der Waals surface area contributed by atoms with Gasteiger partial charge in [0.15, 0.2) is 0 Å². The molecule has 0 aliphatic rings. The van der Waals surface area contributed by atoms with E-state index in [2.05, 4.69) is 25.3 Å². The van der Waals surface area contributed by atoms with Gasteiger partial charge in [-0.25, -0.2) is 4.79 Å². The van der Waals surface area contributed by atoms with Crippen LogP contribution in [0.1, 0.15) is 44.6 Å². The molecule has 0 fully saturated rings. The molecule has 0 aliphatic carbocycles. The molecule has 0 unspecified atom stereocenters. The Balaban J connectivity index is 2.31. The third-order valence-corrected chi connectivity index (χ3v) is 2.63. The van der Waals surface area contributed by atoms with E-state index in [0.717, 1.165) is 24.8 Å². The average Bonchev–Trinajstić information content (AvgIpc) is 2.42. The van der Waals surface area contributed by atoms with Crippen molar-refractivity contribution in [2.24, 2.45) is 0 Å². The van der Waals surface area contributed by atoms with E-state index in [1.54, 1.807) is 0 Å². The van der Waals surface area contributed by atoms with E-state index >= 15 is 0 Å². The number of ether oxygens (including phenoxy) is 1. The fraction of sp³-hybridized carbons (Fsp3) is 0.353. The zero-order valence-corrected chi connectivity index (χ0v) is 11.4. The lowest BCUT2D eigenvalue weighted by atomic mass is 10.1. The molecule has 19 heavy (non-hydrogen) atoms. The number of rotatable bonds is 6. The fourth-order valence-corrected chi connectivity index (χ4v) is 1.60. The van der Waals surface area contributed by atoms with Crippen molar-refractivity contribution in [1.29, 1.82) is 0 Å². The van der Waals surface area contributed by atoms with Gasteiger partial charge in [0.25, 0.3) is 0 Å². The fourth-order valence-electron chi connectivity index (χ4n) is 1.60. The molecule has 0 N–H and O–H groups in total. The van der Waals surface area contributed by atoms with Crippen LogP contribution in [-0.2, 0) is 9.53 Å². The molecule has 0 heterocycles. The molecule has 0 aromatic heterocycles. The van der Waals surface area contributed by atoms with Crippen LogP contribution >= 0.6 is 0 Å². The Morgan fingerprint density at radius 3 is 2.63 bits per heavy atom. The van der Waals surface area contributed by atoms with E-state index in [0.29, 0.717) is 5.76 Å². The first-order valence-electron chi connectivity index (χ1n) is 6.69. The van der Waals surface area contributed by atoms with Crippen molar-refractivity contribution in [3.8, 4) is 11.8 Å². The van der Waals surface area contributed by atoms with Gasteiger partial charge in [-0.15, -0.1) is 0 Å². The van der Waals surface area contributed by atoms with Crippen molar-refractivity contribution in [3.05, 3.63) is 48.2 Å². The van der Waals surface area contributed by atoms with Gasteiger partial charge in [-0.2, -0.15) is 0 Å². The van der Waals surface area contributed by atoms with Gasteiger partial charge >= 0.3 is 5.97 Å². The highest BCUT2D eigenvalue weighted by molar-refractivity contribution is 5.89. The second-order valence-electron chi connectivity index (χ2n) is 4.35. The SMILES string of the molecule is C=C(CCCCCC)OC(=O)C#Cc1ccccc1. The first-order valence-corrected chi connectivity index (χ1v) is 6.69. The highest BCUT2D eigenvalue weighted by atomic mass is 16.5. The van der Waals surface area contributed by atoms with E-state index < -0.39 is 5.97 Å². The minimum absolute atomic E-state index is 0.503. The number of esters is 1. The smallest absolute Gasteiger partial charge is 0.389 e. The standard InChI is InChI=1S/C17H20O2/c1-3-4-5-7-10-15(2)19-17(18)14-13-16-11-8-6-9-12-16/h6,8-9,11-12H,2-5,7,10H2,1H3. The summed E-state index contributed by atoms with van der Waals surface area (Å²) >= 11 is 0. The molecule has 0 aliphatic heterocycles. The first-order chi connectivity index (χ1) is 9.22. The topological polar surface area (TPSA) is 26.3 Å². The lowest BCUT2D eigenvalue weighted by Gasteiger charge is -2.03. The molecule has 0 amide bonds. The van der Waals surface area contributed by atoms with Gasteiger partial charge < -0.3 is 4.74 Å². The van der Waals surface area contributed by atoms with E-state index in [1.165, 1.54) is 12.8 Å². The molecule has 2 nitrogen and oxygen atoms in total. The number of benzene rings is 1.